The Labute approximate surface area is 410 Å². The zero-order chi connectivity index (χ0) is 48.4. The SMILES string of the molecule is Cc1ncsc1-c1ccc(CNC(=O)C2CC(O)CN2C(=O)C(NC(=O)CCOCCOCCOc2ccc(-c3cn4c(n3)CCC4)cc2CNC(=O)Cc2ccc(Cl)c(Cl)c2)C(C)(C)C)cc1. The van der Waals surface area contributed by atoms with Crippen LogP contribution in [0.1, 0.15) is 68.2 Å². The van der Waals surface area contributed by atoms with E-state index in [1.807, 2.05) is 75.7 Å². The number of aliphatic hydroxyl groups excluding tert-OH is 1. The maximum atomic E-state index is 14.0. The van der Waals surface area contributed by atoms with Gasteiger partial charge in [-0.25, -0.2) is 9.97 Å². The number of aromatic nitrogens is 3. The monoisotopic (exact) mass is 987 g/mol. The third-order valence-corrected chi connectivity index (χ3v) is 13.6. The summed E-state index contributed by atoms with van der Waals surface area (Å²) in [6.45, 7) is 10.00. The van der Waals surface area contributed by atoms with E-state index < -0.39 is 29.5 Å². The fourth-order valence-electron chi connectivity index (χ4n) is 8.21. The Balaban J connectivity index is 0.831. The van der Waals surface area contributed by atoms with Crippen molar-refractivity contribution >= 4 is 58.2 Å². The highest BCUT2D eigenvalue weighted by atomic mass is 35.5. The lowest BCUT2D eigenvalue weighted by atomic mass is 9.85. The smallest absolute Gasteiger partial charge is 0.246 e. The zero-order valence-electron chi connectivity index (χ0n) is 38.8. The number of rotatable bonds is 21. The van der Waals surface area contributed by atoms with Gasteiger partial charge in [0.25, 0.3) is 0 Å². The molecule has 1 saturated heterocycles. The molecule has 362 valence electrons. The number of amides is 4. The standard InChI is InChI=1S/C50H59Cl2N7O8S/c1-31-46(68-30-55-31)34-10-7-32(8-11-34)26-54-48(63)41-25-37(60)28-59(41)49(64)47(50(2,3)4)57-44(61)15-17-65-18-19-66-20-21-67-42-14-12-35(40-29-58-16-5-6-43(58)56-40)24-36(42)27-53-45(62)23-33-9-13-38(51)39(52)22-33/h7-14,22,24,29-30,37,41,47,60H,5-6,15-21,23,25-28H2,1-4H3,(H,53,62)(H,54,63)(H,57,61). The highest BCUT2D eigenvalue weighted by molar-refractivity contribution is 7.13. The van der Waals surface area contributed by atoms with Gasteiger partial charge in [-0.15, -0.1) is 11.3 Å². The first-order valence-corrected chi connectivity index (χ1v) is 24.5. The van der Waals surface area contributed by atoms with Crippen molar-refractivity contribution in [1.29, 1.82) is 0 Å². The van der Waals surface area contributed by atoms with Crippen LogP contribution in [0.4, 0.5) is 0 Å². The second kappa shape index (κ2) is 23.3. The number of β-amino-alcohol motifs (C(OH)–C–C–N with tert-alkyl or cyclic N) is 1. The number of imidazole rings is 1. The molecule has 0 aliphatic carbocycles. The Morgan fingerprint density at radius 1 is 0.882 bits per heavy atom. The number of likely N-dealkylation sites (tertiary alicyclic amines) is 1. The Morgan fingerprint density at radius 3 is 2.34 bits per heavy atom. The first kappa shape index (κ1) is 50.5. The van der Waals surface area contributed by atoms with Crippen LogP contribution in [0.2, 0.25) is 10.0 Å². The van der Waals surface area contributed by atoms with E-state index in [0.29, 0.717) is 15.8 Å². The summed E-state index contributed by atoms with van der Waals surface area (Å²) < 4.78 is 19.7. The lowest BCUT2D eigenvalue weighted by molar-refractivity contribution is -0.144. The molecule has 18 heteroatoms. The molecule has 4 heterocycles. The van der Waals surface area contributed by atoms with E-state index in [-0.39, 0.29) is 89.7 Å². The number of hydrogen-bond acceptors (Lipinski definition) is 11. The van der Waals surface area contributed by atoms with Gasteiger partial charge < -0.3 is 44.7 Å². The van der Waals surface area contributed by atoms with Gasteiger partial charge in [-0.3, -0.25) is 19.2 Å². The molecule has 0 spiro atoms. The van der Waals surface area contributed by atoms with Crippen LogP contribution in [0.15, 0.2) is 72.4 Å². The molecule has 7 rings (SSSR count). The minimum atomic E-state index is -0.949. The molecule has 3 unspecified atom stereocenters. The molecule has 3 atom stereocenters. The molecule has 0 radical (unpaired) electrons. The number of halogens is 2. The summed E-state index contributed by atoms with van der Waals surface area (Å²) in [6.07, 6.45) is 3.45. The number of fused-ring (bicyclic) bond motifs is 1. The van der Waals surface area contributed by atoms with Gasteiger partial charge in [-0.2, -0.15) is 0 Å². The summed E-state index contributed by atoms with van der Waals surface area (Å²) in [6, 6.07) is 17.0. The minimum absolute atomic E-state index is 0.00117. The maximum Gasteiger partial charge on any atom is 0.246 e. The van der Waals surface area contributed by atoms with Gasteiger partial charge in [0.1, 0.15) is 30.3 Å². The average Bonchev–Trinajstić information content (AvgIpc) is 4.12. The molecule has 4 N–H and O–H groups in total. The summed E-state index contributed by atoms with van der Waals surface area (Å²) in [5.74, 6) is 0.306. The molecule has 4 amide bonds. The van der Waals surface area contributed by atoms with Crippen LogP contribution < -0.4 is 20.7 Å². The normalized spacial score (nSPS) is 16.1. The predicted octanol–water partition coefficient (Wildman–Crippen LogP) is 6.71. The summed E-state index contributed by atoms with van der Waals surface area (Å²) in [5, 5.41) is 20.2. The molecule has 1 fully saturated rings. The molecule has 2 aromatic heterocycles. The average molecular weight is 989 g/mol. The third kappa shape index (κ3) is 13.4. The number of ether oxygens (including phenoxy) is 3. The van der Waals surface area contributed by atoms with Crippen LogP contribution in [0.25, 0.3) is 21.7 Å². The van der Waals surface area contributed by atoms with E-state index >= 15 is 0 Å². The number of carbonyl (C=O) groups excluding carboxylic acids is 4. The van der Waals surface area contributed by atoms with Crippen LogP contribution in [0.3, 0.4) is 0 Å². The van der Waals surface area contributed by atoms with E-state index in [1.165, 1.54) is 4.90 Å². The zero-order valence-corrected chi connectivity index (χ0v) is 41.1. The first-order valence-electron chi connectivity index (χ1n) is 22.9. The third-order valence-electron chi connectivity index (χ3n) is 11.9. The number of benzene rings is 3. The van der Waals surface area contributed by atoms with Crippen molar-refractivity contribution in [3.63, 3.8) is 0 Å². The molecular weight excluding hydrogens is 930 g/mol. The van der Waals surface area contributed by atoms with Crippen molar-refractivity contribution in [2.45, 2.75) is 97.6 Å². The van der Waals surface area contributed by atoms with Gasteiger partial charge in [-0.05, 0) is 65.8 Å². The van der Waals surface area contributed by atoms with Crippen molar-refractivity contribution in [2.24, 2.45) is 5.41 Å². The summed E-state index contributed by atoms with van der Waals surface area (Å²) in [4.78, 5) is 65.2. The van der Waals surface area contributed by atoms with Crippen LogP contribution >= 0.6 is 34.5 Å². The van der Waals surface area contributed by atoms with Gasteiger partial charge >= 0.3 is 0 Å². The van der Waals surface area contributed by atoms with Gasteiger partial charge in [0.15, 0.2) is 0 Å². The Morgan fingerprint density at radius 2 is 1.62 bits per heavy atom. The fraction of sp³-hybridized carbons (Fsp3) is 0.440. The second-order valence-electron chi connectivity index (χ2n) is 18.1. The highest BCUT2D eigenvalue weighted by Crippen LogP contribution is 2.31. The van der Waals surface area contributed by atoms with Crippen molar-refractivity contribution in [3.05, 3.63) is 111 Å². The van der Waals surface area contributed by atoms with Crippen molar-refractivity contribution < 1.29 is 38.5 Å². The molecule has 2 aliphatic rings. The number of thiazole rings is 1. The topological polar surface area (TPSA) is 186 Å². The van der Waals surface area contributed by atoms with Crippen molar-refractivity contribution in [3.8, 4) is 27.4 Å². The molecule has 2 aliphatic heterocycles. The first-order chi connectivity index (χ1) is 32.6. The van der Waals surface area contributed by atoms with Crippen molar-refractivity contribution in [1.82, 2.24) is 35.4 Å². The molecule has 15 nitrogen and oxygen atoms in total. The molecule has 3 aromatic carbocycles. The van der Waals surface area contributed by atoms with Crippen molar-refractivity contribution in [2.75, 3.05) is 39.6 Å². The van der Waals surface area contributed by atoms with E-state index in [4.69, 9.17) is 42.4 Å². The molecular formula is C50H59Cl2N7O8S. The number of nitrogens with one attached hydrogen (secondary N) is 3. The van der Waals surface area contributed by atoms with Crippen LogP contribution in [0, 0.1) is 12.3 Å². The van der Waals surface area contributed by atoms with Crippen LogP contribution in [0.5, 0.6) is 5.75 Å². The van der Waals surface area contributed by atoms with E-state index in [2.05, 4.69) is 31.7 Å². The number of carbonyl (C=O) groups is 4. The Hall–Kier alpha value is -5.36. The molecule has 68 heavy (non-hydrogen) atoms. The number of aliphatic hydroxyl groups is 1. The Bertz CT molecular complexity index is 2540. The summed E-state index contributed by atoms with van der Waals surface area (Å²) in [5.41, 5.74) is 7.34. The highest BCUT2D eigenvalue weighted by Gasteiger charge is 2.44. The Kier molecular flexibility index (Phi) is 17.3. The lowest BCUT2D eigenvalue weighted by Crippen LogP contribution is -2.57. The molecule has 0 saturated carbocycles. The fourth-order valence-corrected chi connectivity index (χ4v) is 9.35. The quantitative estimate of drug-likeness (QED) is 0.0577. The molecule has 0 bridgehead atoms. The van der Waals surface area contributed by atoms with Gasteiger partial charge in [0, 0.05) is 62.8 Å². The van der Waals surface area contributed by atoms with Crippen LogP contribution in [-0.2, 0) is 61.1 Å². The van der Waals surface area contributed by atoms with Gasteiger partial charge in [0.05, 0.1) is 70.8 Å². The molecule has 5 aromatic rings. The number of nitrogens with zero attached hydrogens (tertiary/aromatic N) is 4. The lowest BCUT2D eigenvalue weighted by Gasteiger charge is -2.35. The maximum absolute atomic E-state index is 14.0. The summed E-state index contributed by atoms with van der Waals surface area (Å²) in [7, 11) is 0. The second-order valence-corrected chi connectivity index (χ2v) is 19.8. The van der Waals surface area contributed by atoms with Gasteiger partial charge in [0.2, 0.25) is 23.6 Å². The largest absolute Gasteiger partial charge is 0.491 e. The van der Waals surface area contributed by atoms with E-state index in [0.717, 1.165) is 69.3 Å². The van der Waals surface area contributed by atoms with E-state index in [1.54, 1.807) is 29.5 Å². The van der Waals surface area contributed by atoms with Crippen LogP contribution in [-0.4, -0.2) is 106 Å². The van der Waals surface area contributed by atoms with E-state index in [9.17, 15) is 24.3 Å². The number of hydrogen-bond donors (Lipinski definition) is 4. The summed E-state index contributed by atoms with van der Waals surface area (Å²) >= 11 is 13.8. The number of aryl methyl sites for hydroxylation is 3. The van der Waals surface area contributed by atoms with Gasteiger partial charge in [-0.1, -0.05) is 74.3 Å². The predicted molar refractivity (Wildman–Crippen MR) is 261 cm³/mol. The minimum Gasteiger partial charge on any atom is -0.491 e.